The van der Waals surface area contributed by atoms with Crippen LogP contribution in [0.2, 0.25) is 0 Å². The summed E-state index contributed by atoms with van der Waals surface area (Å²) in [6, 6.07) is 7.00. The monoisotopic (exact) mass is 229 g/mol. The summed E-state index contributed by atoms with van der Waals surface area (Å²) in [7, 11) is 1.54. The highest BCUT2D eigenvalue weighted by atomic mass is 35.5. The van der Waals surface area contributed by atoms with Crippen molar-refractivity contribution in [1.29, 1.82) is 0 Å². The average molecular weight is 230 g/mol. The molecule has 5 heteroatoms. The van der Waals surface area contributed by atoms with E-state index in [-0.39, 0.29) is 18.6 Å². The van der Waals surface area contributed by atoms with Crippen LogP contribution in [-0.4, -0.2) is 25.7 Å². The Morgan fingerprint density at radius 3 is 3.00 bits per heavy atom. The fraction of sp³-hybridized carbons (Fsp3) is 0.300. The number of carbonyl (C=O) groups is 1. The van der Waals surface area contributed by atoms with Gasteiger partial charge in [-0.2, -0.15) is 0 Å². The Labute approximate surface area is 93.1 Å². The molecule has 4 nitrogen and oxygen atoms in total. The zero-order valence-electron chi connectivity index (χ0n) is 8.33. The SMILES string of the molecule is COCOc1cccc(NC(=O)CCl)c1. The van der Waals surface area contributed by atoms with Crippen molar-refractivity contribution in [3.63, 3.8) is 0 Å². The van der Waals surface area contributed by atoms with Gasteiger partial charge in [0.05, 0.1) is 0 Å². The summed E-state index contributed by atoms with van der Waals surface area (Å²) in [6.07, 6.45) is 0. The summed E-state index contributed by atoms with van der Waals surface area (Å²) in [5, 5.41) is 2.62. The Bertz CT molecular complexity index is 330. The zero-order chi connectivity index (χ0) is 11.1. The number of benzene rings is 1. The van der Waals surface area contributed by atoms with Crippen molar-refractivity contribution in [2.45, 2.75) is 0 Å². The number of carbonyl (C=O) groups excluding carboxylic acids is 1. The number of rotatable bonds is 5. The Hall–Kier alpha value is -1.26. The number of halogens is 1. The van der Waals surface area contributed by atoms with E-state index in [0.717, 1.165) is 0 Å². The van der Waals surface area contributed by atoms with Crippen LogP contribution in [0.15, 0.2) is 24.3 Å². The van der Waals surface area contributed by atoms with Crippen molar-refractivity contribution < 1.29 is 14.3 Å². The fourth-order valence-corrected chi connectivity index (χ4v) is 1.05. The molecule has 0 aliphatic heterocycles. The third kappa shape index (κ3) is 4.18. The lowest BCUT2D eigenvalue weighted by Gasteiger charge is -2.07. The molecule has 0 bridgehead atoms. The molecule has 0 atom stereocenters. The summed E-state index contributed by atoms with van der Waals surface area (Å²) in [6.45, 7) is 0.174. The first-order chi connectivity index (χ1) is 7.26. The van der Waals surface area contributed by atoms with Crippen molar-refractivity contribution in [2.75, 3.05) is 25.1 Å². The molecule has 15 heavy (non-hydrogen) atoms. The van der Waals surface area contributed by atoms with Crippen molar-refractivity contribution in [2.24, 2.45) is 0 Å². The van der Waals surface area contributed by atoms with Gasteiger partial charge in [-0.1, -0.05) is 6.07 Å². The second kappa shape index (κ2) is 6.27. The predicted molar refractivity (Wildman–Crippen MR) is 58.3 cm³/mol. The van der Waals surface area contributed by atoms with Gasteiger partial charge in [0.25, 0.3) is 0 Å². The van der Waals surface area contributed by atoms with Crippen molar-refractivity contribution >= 4 is 23.2 Å². The maximum absolute atomic E-state index is 11.0. The molecule has 0 fully saturated rings. The van der Waals surface area contributed by atoms with E-state index in [1.54, 1.807) is 31.4 Å². The zero-order valence-corrected chi connectivity index (χ0v) is 9.08. The van der Waals surface area contributed by atoms with Gasteiger partial charge in [-0.25, -0.2) is 0 Å². The first kappa shape index (κ1) is 11.8. The van der Waals surface area contributed by atoms with E-state index in [0.29, 0.717) is 11.4 Å². The second-order valence-corrected chi connectivity index (χ2v) is 3.03. The number of nitrogens with one attached hydrogen (secondary N) is 1. The molecule has 1 N–H and O–H groups in total. The molecule has 0 radical (unpaired) electrons. The van der Waals surface area contributed by atoms with Crippen LogP contribution in [0.1, 0.15) is 0 Å². The van der Waals surface area contributed by atoms with E-state index < -0.39 is 0 Å². The minimum atomic E-state index is -0.249. The molecule has 1 amide bonds. The molecule has 0 saturated carbocycles. The predicted octanol–water partition coefficient (Wildman–Crippen LogP) is 1.85. The van der Waals surface area contributed by atoms with Gasteiger partial charge in [0.15, 0.2) is 6.79 Å². The average Bonchev–Trinajstić information content (AvgIpc) is 2.26. The van der Waals surface area contributed by atoms with Gasteiger partial charge in [0.2, 0.25) is 5.91 Å². The molecule has 1 aromatic carbocycles. The maximum atomic E-state index is 11.0. The molecule has 1 rings (SSSR count). The van der Waals surface area contributed by atoms with Gasteiger partial charge in [0, 0.05) is 18.9 Å². The van der Waals surface area contributed by atoms with Gasteiger partial charge in [-0.15, -0.1) is 11.6 Å². The van der Waals surface area contributed by atoms with Crippen molar-refractivity contribution in [1.82, 2.24) is 0 Å². The number of methoxy groups -OCH3 is 1. The van der Waals surface area contributed by atoms with Crippen LogP contribution in [0.4, 0.5) is 5.69 Å². The van der Waals surface area contributed by atoms with Crippen LogP contribution in [0.5, 0.6) is 5.75 Å². The van der Waals surface area contributed by atoms with Gasteiger partial charge >= 0.3 is 0 Å². The minimum absolute atomic E-state index is 0.0663. The van der Waals surface area contributed by atoms with E-state index in [1.165, 1.54) is 0 Å². The molecule has 0 aliphatic carbocycles. The molecule has 0 unspecified atom stereocenters. The van der Waals surface area contributed by atoms with Crippen LogP contribution >= 0.6 is 11.6 Å². The molecule has 0 aromatic heterocycles. The lowest BCUT2D eigenvalue weighted by molar-refractivity contribution is -0.113. The van der Waals surface area contributed by atoms with Gasteiger partial charge < -0.3 is 14.8 Å². The number of hydrogen-bond acceptors (Lipinski definition) is 3. The lowest BCUT2D eigenvalue weighted by Crippen LogP contribution is -2.12. The fourth-order valence-electron chi connectivity index (χ4n) is 0.985. The van der Waals surface area contributed by atoms with Crippen LogP contribution in [0, 0.1) is 0 Å². The van der Waals surface area contributed by atoms with Crippen LogP contribution in [0.25, 0.3) is 0 Å². The van der Waals surface area contributed by atoms with Gasteiger partial charge in [-0.3, -0.25) is 4.79 Å². The molecule has 82 valence electrons. The van der Waals surface area contributed by atoms with Crippen LogP contribution in [0.3, 0.4) is 0 Å². The standard InChI is InChI=1S/C10H12ClNO3/c1-14-7-15-9-4-2-3-8(5-9)12-10(13)6-11/h2-5H,6-7H2,1H3,(H,12,13). The van der Waals surface area contributed by atoms with Crippen LogP contribution < -0.4 is 10.1 Å². The minimum Gasteiger partial charge on any atom is -0.467 e. The first-order valence-electron chi connectivity index (χ1n) is 4.34. The van der Waals surface area contributed by atoms with Crippen LogP contribution in [-0.2, 0) is 9.53 Å². The Balaban J connectivity index is 2.61. The Morgan fingerprint density at radius 2 is 2.33 bits per heavy atom. The molecule has 1 aromatic rings. The van der Waals surface area contributed by atoms with Crippen molar-refractivity contribution in [3.05, 3.63) is 24.3 Å². The number of alkyl halides is 1. The largest absolute Gasteiger partial charge is 0.467 e. The van der Waals surface area contributed by atoms with E-state index in [4.69, 9.17) is 21.1 Å². The van der Waals surface area contributed by atoms with E-state index in [2.05, 4.69) is 5.32 Å². The quantitative estimate of drug-likeness (QED) is 0.619. The molecular formula is C10H12ClNO3. The second-order valence-electron chi connectivity index (χ2n) is 2.76. The van der Waals surface area contributed by atoms with Gasteiger partial charge in [0.1, 0.15) is 11.6 Å². The molecular weight excluding hydrogens is 218 g/mol. The summed E-state index contributed by atoms with van der Waals surface area (Å²) < 4.78 is 9.96. The summed E-state index contributed by atoms with van der Waals surface area (Å²) >= 11 is 5.36. The first-order valence-corrected chi connectivity index (χ1v) is 4.87. The summed E-state index contributed by atoms with van der Waals surface area (Å²) in [4.78, 5) is 11.0. The number of ether oxygens (including phenoxy) is 2. The summed E-state index contributed by atoms with van der Waals surface area (Å²) in [5.74, 6) is 0.313. The topological polar surface area (TPSA) is 47.6 Å². The molecule has 0 spiro atoms. The van der Waals surface area contributed by atoms with Gasteiger partial charge in [-0.05, 0) is 12.1 Å². The smallest absolute Gasteiger partial charge is 0.239 e. The van der Waals surface area contributed by atoms with E-state index in [9.17, 15) is 4.79 Å². The number of amides is 1. The third-order valence-electron chi connectivity index (χ3n) is 1.58. The molecule has 0 heterocycles. The Morgan fingerprint density at radius 1 is 1.53 bits per heavy atom. The summed E-state index contributed by atoms with van der Waals surface area (Å²) in [5.41, 5.74) is 0.647. The van der Waals surface area contributed by atoms with E-state index >= 15 is 0 Å². The van der Waals surface area contributed by atoms with E-state index in [1.807, 2.05) is 0 Å². The van der Waals surface area contributed by atoms with Crippen molar-refractivity contribution in [3.8, 4) is 5.75 Å². The number of anilines is 1. The maximum Gasteiger partial charge on any atom is 0.239 e. The third-order valence-corrected chi connectivity index (χ3v) is 1.83. The highest BCUT2D eigenvalue weighted by Crippen LogP contribution is 2.17. The molecule has 0 aliphatic rings. The Kier molecular flexibility index (Phi) is 4.93. The normalized spacial score (nSPS) is 9.73. The molecule has 0 saturated heterocycles. The lowest BCUT2D eigenvalue weighted by atomic mass is 10.3. The highest BCUT2D eigenvalue weighted by molar-refractivity contribution is 6.29. The highest BCUT2D eigenvalue weighted by Gasteiger charge is 2.01. The number of hydrogen-bond donors (Lipinski definition) is 1.